The average Bonchev–Trinajstić information content (AvgIpc) is 4.17. The molecule has 3 N–H and O–H groups in total. The highest BCUT2D eigenvalue weighted by atomic mass is 19.4. The van der Waals surface area contributed by atoms with Crippen LogP contribution in [0, 0.1) is 35.3 Å². The Morgan fingerprint density at radius 1 is 0.887 bits per heavy atom. The molecule has 18 nitrogen and oxygen atoms in total. The zero-order chi connectivity index (χ0) is 55.8. The molecule has 12 rings (SSSR count). The summed E-state index contributed by atoms with van der Waals surface area (Å²) in [5.41, 5.74) is 1.60. The number of halogens is 5. The van der Waals surface area contributed by atoms with Crippen LogP contribution in [-0.2, 0) is 16.1 Å². The molecule has 23 heteroatoms. The summed E-state index contributed by atoms with van der Waals surface area (Å²) in [5, 5.41) is 15.8. The first-order valence-electron chi connectivity index (χ1n) is 27.3. The minimum absolute atomic E-state index is 0.0122. The maximum atomic E-state index is 17.6. The van der Waals surface area contributed by atoms with Gasteiger partial charge in [0.2, 0.25) is 17.7 Å². The summed E-state index contributed by atoms with van der Waals surface area (Å²) in [6, 6.07) is 8.52. The molecule has 8 heterocycles. The number of hydrogen-bond acceptors (Lipinski definition) is 14. The number of pyridine rings is 1. The van der Waals surface area contributed by atoms with Gasteiger partial charge in [-0.05, 0) is 98.2 Å². The number of fused-ring (bicyclic) bond motifs is 5. The van der Waals surface area contributed by atoms with Crippen LogP contribution < -0.4 is 29.9 Å². The lowest BCUT2D eigenvalue weighted by Crippen LogP contribution is -2.59. The topological polar surface area (TPSA) is 189 Å². The third-order valence-electron chi connectivity index (χ3n) is 17.3. The number of nitrogens with zero attached hydrogens (tertiary/aromatic N) is 9. The summed E-state index contributed by atoms with van der Waals surface area (Å²) >= 11 is 0. The van der Waals surface area contributed by atoms with Gasteiger partial charge in [0.15, 0.2) is 5.82 Å². The predicted molar refractivity (Wildman–Crippen MR) is 284 cm³/mol. The molecule has 5 amide bonds. The van der Waals surface area contributed by atoms with Crippen molar-refractivity contribution in [1.29, 1.82) is 0 Å². The van der Waals surface area contributed by atoms with Gasteiger partial charge in [-0.1, -0.05) is 12.0 Å². The number of nitrogens with one attached hydrogen (secondary N) is 2. The first-order valence-corrected chi connectivity index (χ1v) is 27.3. The highest BCUT2D eigenvalue weighted by molar-refractivity contribution is 6.06. The molecular weight excluding hydrogens is 1050 g/mol. The summed E-state index contributed by atoms with van der Waals surface area (Å²) in [4.78, 5) is 77.1. The molecule has 420 valence electrons. The Morgan fingerprint density at radius 3 is 2.31 bits per heavy atom. The second-order valence-corrected chi connectivity index (χ2v) is 22.5. The molecule has 1 aliphatic carbocycles. The quantitative estimate of drug-likeness (QED) is 0.0687. The number of hydrogen-bond donors (Lipinski definition) is 3. The maximum absolute atomic E-state index is 17.6. The molecule has 0 spiro atoms. The van der Waals surface area contributed by atoms with Gasteiger partial charge in [0.1, 0.15) is 46.6 Å². The molecule has 3 atom stereocenters. The van der Waals surface area contributed by atoms with Gasteiger partial charge in [0.25, 0.3) is 5.91 Å². The Bertz CT molecular complexity index is 3360. The summed E-state index contributed by atoms with van der Waals surface area (Å²) in [5.74, 6) is 0.127. The van der Waals surface area contributed by atoms with Gasteiger partial charge in [-0.2, -0.15) is 23.1 Å². The summed E-state index contributed by atoms with van der Waals surface area (Å²) in [6.45, 7) is 6.52. The number of anilines is 2. The lowest BCUT2D eigenvalue weighted by Gasteiger charge is -2.41. The fourth-order valence-electron chi connectivity index (χ4n) is 13.0. The zero-order valence-electron chi connectivity index (χ0n) is 44.1. The lowest BCUT2D eigenvalue weighted by molar-refractivity contribution is -0.137. The van der Waals surface area contributed by atoms with Crippen molar-refractivity contribution in [1.82, 2.24) is 45.2 Å². The Balaban J connectivity index is 0.722. The number of aromatic nitrogens is 3. The highest BCUT2D eigenvalue weighted by Crippen LogP contribution is 2.48. The molecule has 5 saturated heterocycles. The van der Waals surface area contributed by atoms with Crippen molar-refractivity contribution < 1.29 is 55.7 Å². The van der Waals surface area contributed by atoms with Crippen LogP contribution in [0.1, 0.15) is 72.9 Å². The summed E-state index contributed by atoms with van der Waals surface area (Å²) in [7, 11) is 1.34. The monoisotopic (exact) mass is 1110 g/mol. The molecule has 6 aliphatic heterocycles. The van der Waals surface area contributed by atoms with Crippen molar-refractivity contribution in [3.8, 4) is 41.2 Å². The number of aromatic hydroxyl groups is 1. The number of rotatable bonds is 13. The molecule has 5 aromatic rings. The second kappa shape index (κ2) is 20.8. The van der Waals surface area contributed by atoms with E-state index in [4.69, 9.17) is 20.9 Å². The van der Waals surface area contributed by atoms with Crippen LogP contribution in [0.25, 0.3) is 32.9 Å². The highest BCUT2D eigenvalue weighted by Gasteiger charge is 2.47. The van der Waals surface area contributed by atoms with E-state index in [-0.39, 0.29) is 99.9 Å². The van der Waals surface area contributed by atoms with Gasteiger partial charge in [-0.25, -0.2) is 18.6 Å². The van der Waals surface area contributed by atoms with Crippen LogP contribution in [0.5, 0.6) is 17.6 Å². The predicted octanol–water partition coefficient (Wildman–Crippen LogP) is 6.20. The standard InChI is InChI=1S/C57H60F5N11O7/c1-3-39-42(58)9-4-33-23-38(74)24-41(45(33)39)48-47(59)49-46(52(65-48)79-2)50(71-27-36-5-6-37(28-71)73(36)55(78)63-29-57(60,61)62)67-54(66-49)80-31-56(14-15-56)30-69-20-18-68(19-21-69)25-32-12-16-70(17-13-32)35-7-8-40-34(22-35)26-72(53(40)77)43-10-11-44(75)64-51(43)76/h1,4,7-9,22-24,32,36-37,43,74H,5-6,10-21,25-31H2,2H3,(H,63,78)(H,64,75,76). The van der Waals surface area contributed by atoms with Crippen molar-refractivity contribution in [3.05, 3.63) is 70.8 Å². The molecular formula is C57H60F5N11O7. The van der Waals surface area contributed by atoms with E-state index in [1.807, 2.05) is 22.3 Å². The van der Waals surface area contributed by atoms with Crippen LogP contribution >= 0.6 is 0 Å². The number of carbonyl (C=O) groups excluding carboxylic acids is 4. The van der Waals surface area contributed by atoms with Crippen LogP contribution in [0.4, 0.5) is 38.3 Å². The van der Waals surface area contributed by atoms with E-state index in [2.05, 4.69) is 42.0 Å². The number of piperazine rings is 2. The smallest absolute Gasteiger partial charge is 0.405 e. The van der Waals surface area contributed by atoms with Crippen LogP contribution in [0.2, 0.25) is 0 Å². The van der Waals surface area contributed by atoms with Crippen LogP contribution in [0.3, 0.4) is 0 Å². The van der Waals surface area contributed by atoms with Gasteiger partial charge >= 0.3 is 18.2 Å². The number of ether oxygens (including phenoxy) is 2. The van der Waals surface area contributed by atoms with E-state index in [1.54, 1.807) is 4.90 Å². The number of benzene rings is 3. The molecule has 80 heavy (non-hydrogen) atoms. The normalized spacial score (nSPS) is 22.5. The van der Waals surface area contributed by atoms with Crippen molar-refractivity contribution in [2.45, 2.75) is 82.2 Å². The van der Waals surface area contributed by atoms with Gasteiger partial charge in [0.05, 0.1) is 31.4 Å². The molecule has 7 aliphatic rings. The molecule has 1 saturated carbocycles. The van der Waals surface area contributed by atoms with Crippen LogP contribution in [0.15, 0.2) is 42.5 Å². The zero-order valence-corrected chi connectivity index (χ0v) is 44.1. The largest absolute Gasteiger partial charge is 0.508 e. The number of piperidine rings is 2. The third-order valence-corrected chi connectivity index (χ3v) is 17.3. The number of amides is 5. The number of methoxy groups -OCH3 is 1. The number of urea groups is 1. The van der Waals surface area contributed by atoms with E-state index in [0.29, 0.717) is 42.7 Å². The minimum Gasteiger partial charge on any atom is -0.508 e. The average molecular weight is 1110 g/mol. The van der Waals surface area contributed by atoms with Crippen molar-refractivity contribution in [2.24, 2.45) is 11.3 Å². The molecule has 0 radical (unpaired) electrons. The Morgan fingerprint density at radius 2 is 1.62 bits per heavy atom. The van der Waals surface area contributed by atoms with E-state index in [9.17, 15) is 37.5 Å². The molecule has 2 bridgehead atoms. The first kappa shape index (κ1) is 53.1. The van der Waals surface area contributed by atoms with Gasteiger partial charge in [-0.3, -0.25) is 19.7 Å². The lowest BCUT2D eigenvalue weighted by atomic mass is 9.95. The van der Waals surface area contributed by atoms with Gasteiger partial charge in [-0.15, -0.1) is 6.42 Å². The summed E-state index contributed by atoms with van der Waals surface area (Å²) < 4.78 is 84.6. The Hall–Kier alpha value is -7.58. The van der Waals surface area contributed by atoms with Crippen molar-refractivity contribution in [2.75, 3.05) is 95.5 Å². The van der Waals surface area contributed by atoms with Crippen LogP contribution in [-0.4, -0.2) is 173 Å². The fourth-order valence-corrected chi connectivity index (χ4v) is 13.0. The SMILES string of the molecule is C#Cc1c(F)ccc2cc(O)cc(-c3nc(OC)c4c(N5CC6CCC(C5)N6C(=O)NCC(F)(F)F)nc(OCC5(CN6CCN(CC7CCN(c8ccc9c(c8)CN(C8CCC(=O)NC8=O)C9=O)CC7)CC6)CC5)nc4c3F)c12. The second-order valence-electron chi connectivity index (χ2n) is 22.5. The Labute approximate surface area is 457 Å². The number of carbonyl (C=O) groups is 4. The number of terminal acetylenes is 1. The van der Waals surface area contributed by atoms with Crippen molar-refractivity contribution in [3.63, 3.8) is 0 Å². The molecule has 2 aromatic heterocycles. The number of imide groups is 1. The number of alkyl halides is 3. The number of phenols is 1. The molecule has 6 fully saturated rings. The summed E-state index contributed by atoms with van der Waals surface area (Å²) in [6.07, 6.45) is 6.60. The van der Waals surface area contributed by atoms with E-state index >= 15 is 8.78 Å². The third kappa shape index (κ3) is 10.2. The Kier molecular flexibility index (Phi) is 13.8. The minimum atomic E-state index is -4.59. The maximum Gasteiger partial charge on any atom is 0.405 e. The molecule has 3 unspecified atom stereocenters. The fraction of sp³-hybridized carbons (Fsp3) is 0.491. The van der Waals surface area contributed by atoms with E-state index in [1.165, 1.54) is 30.2 Å². The number of phenolic OH excluding ortho intramolecular Hbond substituents is 1. The van der Waals surface area contributed by atoms with Crippen molar-refractivity contribution >= 4 is 56.9 Å². The van der Waals surface area contributed by atoms with E-state index < -0.39 is 54.4 Å². The van der Waals surface area contributed by atoms with Gasteiger partial charge < -0.3 is 49.3 Å². The first-order chi connectivity index (χ1) is 38.4. The van der Waals surface area contributed by atoms with E-state index in [0.717, 1.165) is 95.4 Å². The molecule has 3 aromatic carbocycles. The van der Waals surface area contributed by atoms with Gasteiger partial charge in [0, 0.05) is 106 Å².